The summed E-state index contributed by atoms with van der Waals surface area (Å²) in [6, 6.07) is -3.95. The lowest BCUT2D eigenvalue weighted by atomic mass is 10.2. The van der Waals surface area contributed by atoms with Crippen molar-refractivity contribution < 1.29 is 58.9 Å². The van der Waals surface area contributed by atoms with E-state index in [4.69, 9.17) is 0 Å². The smallest absolute Gasteiger partial charge is 0.419 e. The molecule has 0 spiro atoms. The molecule has 1 heterocycles. The van der Waals surface area contributed by atoms with E-state index in [0.29, 0.717) is 0 Å². The lowest BCUT2D eigenvalue weighted by Gasteiger charge is -2.34. The van der Waals surface area contributed by atoms with Gasteiger partial charge in [-0.05, 0) is 0 Å². The summed E-state index contributed by atoms with van der Waals surface area (Å²) in [6.45, 7) is 0.290. The fraction of sp³-hybridized carbons (Fsp3) is 0.778. The molecule has 13 heteroatoms. The predicted molar refractivity (Wildman–Crippen MR) is 47.1 cm³/mol. The third-order valence-corrected chi connectivity index (χ3v) is 2.45. The number of hydrogen-bond acceptors (Lipinski definition) is 5. The van der Waals surface area contributed by atoms with Crippen LogP contribution in [-0.2, 0) is 23.8 Å². The molecule has 0 aromatic carbocycles. The number of rotatable bonds is 4. The Bertz CT molecular complexity index is 503. The highest BCUT2D eigenvalue weighted by molar-refractivity contribution is 5.79. The van der Waals surface area contributed by atoms with Crippen molar-refractivity contribution in [3.8, 4) is 0 Å². The lowest BCUT2D eigenvalue weighted by molar-refractivity contribution is -0.460. The van der Waals surface area contributed by atoms with E-state index in [0.717, 1.165) is 0 Å². The quantitative estimate of drug-likeness (QED) is 0.444. The van der Waals surface area contributed by atoms with Gasteiger partial charge in [0.25, 0.3) is 0 Å². The van der Waals surface area contributed by atoms with Gasteiger partial charge in [0.05, 0.1) is 0 Å². The summed E-state index contributed by atoms with van der Waals surface area (Å²) in [5.74, 6) is -15.6. The van der Waals surface area contributed by atoms with Gasteiger partial charge in [-0.25, -0.2) is 4.79 Å². The Balaban J connectivity index is 3.20. The first-order valence-electron chi connectivity index (χ1n) is 5.14. The van der Waals surface area contributed by atoms with E-state index >= 15 is 0 Å². The first-order valence-corrected chi connectivity index (χ1v) is 5.14. The monoisotopic (exact) mass is 346 g/mol. The number of carbonyl (C=O) groups is 2. The molecule has 0 radical (unpaired) electrons. The van der Waals surface area contributed by atoms with Gasteiger partial charge in [0.2, 0.25) is 0 Å². The SMILES string of the molecule is CC1(F)OC(C)(C(F)(F)OC(F)(C(=O)F)C(F)(F)F)OC1=O. The molecule has 5 nitrogen and oxygen atoms in total. The normalized spacial score (nSPS) is 32.5. The Kier molecular flexibility index (Phi) is 4.00. The van der Waals surface area contributed by atoms with Crippen LogP contribution >= 0.6 is 0 Å². The van der Waals surface area contributed by atoms with Crippen molar-refractivity contribution in [1.29, 1.82) is 0 Å². The van der Waals surface area contributed by atoms with Crippen LogP contribution < -0.4 is 0 Å². The molecule has 1 rings (SSSR count). The molecule has 0 bridgehead atoms. The molecule has 1 saturated heterocycles. The Morgan fingerprint density at radius 1 is 1.14 bits per heavy atom. The van der Waals surface area contributed by atoms with Gasteiger partial charge in [-0.2, -0.15) is 35.1 Å². The number of halogens is 8. The van der Waals surface area contributed by atoms with Crippen LogP contribution in [-0.4, -0.2) is 41.8 Å². The topological polar surface area (TPSA) is 61.8 Å². The van der Waals surface area contributed by atoms with E-state index in [1.54, 1.807) is 0 Å². The van der Waals surface area contributed by atoms with Crippen molar-refractivity contribution in [3.05, 3.63) is 0 Å². The highest BCUT2D eigenvalue weighted by Gasteiger charge is 2.75. The van der Waals surface area contributed by atoms with Gasteiger partial charge in [-0.1, -0.05) is 0 Å². The minimum atomic E-state index is -6.54. The molecule has 1 fully saturated rings. The molecule has 1 aliphatic heterocycles. The number of cyclic esters (lactones) is 1. The first kappa shape index (κ1) is 18.5. The maximum absolute atomic E-state index is 13.6. The van der Waals surface area contributed by atoms with Gasteiger partial charge in [0.15, 0.2) is 0 Å². The van der Waals surface area contributed by atoms with Crippen molar-refractivity contribution in [3.63, 3.8) is 0 Å². The van der Waals surface area contributed by atoms with Crippen LogP contribution in [0.4, 0.5) is 35.1 Å². The number of hydrogen-bond donors (Lipinski definition) is 0. The van der Waals surface area contributed by atoms with Crippen LogP contribution in [0.2, 0.25) is 0 Å². The zero-order valence-corrected chi connectivity index (χ0v) is 10.6. The molecule has 1 aliphatic rings. The number of carbonyl (C=O) groups excluding carboxylic acids is 2. The van der Waals surface area contributed by atoms with Gasteiger partial charge in [0, 0.05) is 13.8 Å². The minimum absolute atomic E-state index is 0.0230. The highest BCUT2D eigenvalue weighted by atomic mass is 19.4. The predicted octanol–water partition coefficient (Wildman–Crippen LogP) is 2.30. The van der Waals surface area contributed by atoms with E-state index in [1.165, 1.54) is 0 Å². The zero-order valence-electron chi connectivity index (χ0n) is 10.6. The van der Waals surface area contributed by atoms with Gasteiger partial charge in [-0.15, -0.1) is 0 Å². The van der Waals surface area contributed by atoms with Gasteiger partial charge >= 0.3 is 41.8 Å². The summed E-state index contributed by atoms with van der Waals surface area (Å²) in [4.78, 5) is 20.9. The van der Waals surface area contributed by atoms with Crippen molar-refractivity contribution in [2.24, 2.45) is 0 Å². The van der Waals surface area contributed by atoms with Crippen LogP contribution in [0, 0.1) is 0 Å². The largest absolute Gasteiger partial charge is 0.459 e. The molecule has 0 saturated carbocycles. The Labute approximate surface area is 116 Å². The molecular weight excluding hydrogens is 340 g/mol. The van der Waals surface area contributed by atoms with Crippen LogP contribution in [0.15, 0.2) is 0 Å². The summed E-state index contributed by atoms with van der Waals surface area (Å²) in [6.07, 6.45) is -12.1. The molecule has 22 heavy (non-hydrogen) atoms. The van der Waals surface area contributed by atoms with Gasteiger partial charge in [-0.3, -0.25) is 14.3 Å². The molecule has 0 aromatic rings. The van der Waals surface area contributed by atoms with Gasteiger partial charge in [0.1, 0.15) is 0 Å². The Morgan fingerprint density at radius 3 is 1.86 bits per heavy atom. The molecule has 0 aromatic heterocycles. The van der Waals surface area contributed by atoms with Crippen LogP contribution in [0.3, 0.4) is 0 Å². The van der Waals surface area contributed by atoms with E-state index in [-0.39, 0.29) is 13.8 Å². The third kappa shape index (κ3) is 2.74. The summed E-state index contributed by atoms with van der Waals surface area (Å²) in [5, 5.41) is 0. The maximum atomic E-state index is 13.6. The van der Waals surface area contributed by atoms with Crippen LogP contribution in [0.25, 0.3) is 0 Å². The lowest BCUT2D eigenvalue weighted by Crippen LogP contribution is -2.59. The Hall–Kier alpha value is -1.50. The molecule has 3 unspecified atom stereocenters. The van der Waals surface area contributed by atoms with E-state index in [2.05, 4.69) is 14.2 Å². The summed E-state index contributed by atoms with van der Waals surface area (Å²) < 4.78 is 112. The molecule has 128 valence electrons. The average Bonchev–Trinajstić information content (AvgIpc) is 2.46. The average molecular weight is 346 g/mol. The fourth-order valence-electron chi connectivity index (χ4n) is 1.29. The molecule has 0 amide bonds. The molecule has 0 N–H and O–H groups in total. The molecule has 3 atom stereocenters. The molecular formula is C9H6F8O5. The summed E-state index contributed by atoms with van der Waals surface area (Å²) in [5.41, 5.74) is 0. The first-order chi connectivity index (χ1) is 9.49. The van der Waals surface area contributed by atoms with Crippen molar-refractivity contribution in [2.75, 3.05) is 0 Å². The summed E-state index contributed by atoms with van der Waals surface area (Å²) >= 11 is 0. The van der Waals surface area contributed by atoms with E-state index < -0.39 is 41.8 Å². The molecule has 0 aliphatic carbocycles. The van der Waals surface area contributed by atoms with Crippen LogP contribution in [0.5, 0.6) is 0 Å². The number of ether oxygens (including phenoxy) is 3. The highest BCUT2D eigenvalue weighted by Crippen LogP contribution is 2.48. The van der Waals surface area contributed by atoms with Crippen molar-refractivity contribution in [2.45, 2.75) is 43.6 Å². The second kappa shape index (κ2) is 4.75. The minimum Gasteiger partial charge on any atom is -0.419 e. The van der Waals surface area contributed by atoms with E-state index in [9.17, 15) is 44.7 Å². The second-order valence-corrected chi connectivity index (χ2v) is 4.34. The van der Waals surface area contributed by atoms with Crippen molar-refractivity contribution in [1.82, 2.24) is 0 Å². The van der Waals surface area contributed by atoms with Gasteiger partial charge < -0.3 is 4.74 Å². The summed E-state index contributed by atoms with van der Waals surface area (Å²) in [7, 11) is 0. The Morgan fingerprint density at radius 2 is 1.59 bits per heavy atom. The fourth-order valence-corrected chi connectivity index (χ4v) is 1.29. The van der Waals surface area contributed by atoms with E-state index in [1.807, 2.05) is 0 Å². The maximum Gasteiger partial charge on any atom is 0.459 e. The zero-order chi connectivity index (χ0) is 17.8. The third-order valence-electron chi connectivity index (χ3n) is 2.45. The van der Waals surface area contributed by atoms with Crippen molar-refractivity contribution >= 4 is 12.0 Å². The number of esters is 1. The standard InChI is InChI=1S/C9H6F8O5/c1-5(11)4(19)20-6(2,21-5)9(16,17)22-7(12,3(10)18)8(13,14)15/h1-2H3. The second-order valence-electron chi connectivity index (χ2n) is 4.34. The number of alkyl halides is 7. The van der Waals surface area contributed by atoms with Crippen LogP contribution in [0.1, 0.15) is 13.8 Å².